The second kappa shape index (κ2) is 12.1. The van der Waals surface area contributed by atoms with Crippen molar-refractivity contribution in [3.05, 3.63) is 182 Å². The molecule has 53 heavy (non-hydrogen) atoms. The monoisotopic (exact) mass is 710 g/mol. The summed E-state index contributed by atoms with van der Waals surface area (Å²) >= 11 is 3.72. The Morgan fingerprint density at radius 3 is 1.49 bits per heavy atom. The highest BCUT2D eigenvalue weighted by molar-refractivity contribution is 7.26. The smallest absolute Gasteiger partial charge is 0.145 e. The quantitative estimate of drug-likeness (QED) is 0.174. The number of rotatable bonds is 5. The second-order valence-corrected chi connectivity index (χ2v) is 15.8. The minimum atomic E-state index is 0.936. The van der Waals surface area contributed by atoms with Crippen LogP contribution in [0.4, 0.5) is 0 Å². The van der Waals surface area contributed by atoms with Crippen molar-refractivity contribution in [1.82, 2.24) is 9.55 Å². The summed E-state index contributed by atoms with van der Waals surface area (Å²) in [6.07, 6.45) is 0. The summed E-state index contributed by atoms with van der Waals surface area (Å²) < 4.78 is 7.57. The van der Waals surface area contributed by atoms with Crippen LogP contribution in [-0.2, 0) is 0 Å². The van der Waals surface area contributed by atoms with E-state index < -0.39 is 0 Å². The van der Waals surface area contributed by atoms with Crippen LogP contribution in [0.2, 0.25) is 0 Å². The van der Waals surface area contributed by atoms with Gasteiger partial charge in [0.2, 0.25) is 0 Å². The van der Waals surface area contributed by atoms with Gasteiger partial charge in [0.15, 0.2) is 0 Å². The molecule has 2 nitrogen and oxygen atoms in total. The molecular formula is C49H30N2S2. The highest BCUT2D eigenvalue weighted by Gasteiger charge is 2.16. The molecule has 0 saturated carbocycles. The van der Waals surface area contributed by atoms with E-state index in [1.54, 1.807) is 0 Å². The fourth-order valence-corrected chi connectivity index (χ4v) is 10.0. The van der Waals surface area contributed by atoms with E-state index >= 15 is 0 Å². The first-order valence-electron chi connectivity index (χ1n) is 17.9. The molecule has 0 bridgehead atoms. The van der Waals surface area contributed by atoms with Crippen LogP contribution >= 0.6 is 22.7 Å². The van der Waals surface area contributed by atoms with Crippen molar-refractivity contribution in [1.29, 1.82) is 0 Å². The van der Waals surface area contributed by atoms with Crippen LogP contribution < -0.4 is 0 Å². The first-order valence-corrected chi connectivity index (χ1v) is 19.5. The number of benzene rings is 8. The summed E-state index contributed by atoms with van der Waals surface area (Å²) in [7, 11) is 0. The maximum atomic E-state index is 5.12. The van der Waals surface area contributed by atoms with E-state index in [0.29, 0.717) is 0 Å². The maximum Gasteiger partial charge on any atom is 0.145 e. The molecule has 0 amide bonds. The van der Waals surface area contributed by atoms with Crippen LogP contribution in [0.5, 0.6) is 0 Å². The molecule has 0 unspecified atom stereocenters. The zero-order valence-electron chi connectivity index (χ0n) is 28.5. The van der Waals surface area contributed by atoms with Gasteiger partial charge in [-0.3, -0.25) is 4.57 Å². The summed E-state index contributed by atoms with van der Waals surface area (Å²) in [4.78, 5) is 5.12. The molecule has 0 atom stereocenters. The first-order chi connectivity index (χ1) is 26.2. The Morgan fingerprint density at radius 1 is 0.340 bits per heavy atom. The van der Waals surface area contributed by atoms with Crippen molar-refractivity contribution in [2.24, 2.45) is 0 Å². The number of nitrogens with zero attached hydrogens (tertiary/aromatic N) is 2. The summed E-state index contributed by atoms with van der Waals surface area (Å²) in [6.45, 7) is 0. The minimum Gasteiger partial charge on any atom is -0.292 e. The van der Waals surface area contributed by atoms with Crippen LogP contribution in [-0.4, -0.2) is 9.55 Å². The second-order valence-electron chi connectivity index (χ2n) is 13.6. The molecule has 3 heterocycles. The van der Waals surface area contributed by atoms with Crippen molar-refractivity contribution < 1.29 is 0 Å². The van der Waals surface area contributed by atoms with Crippen LogP contribution in [0.3, 0.4) is 0 Å². The zero-order chi connectivity index (χ0) is 34.9. The zero-order valence-corrected chi connectivity index (χ0v) is 30.2. The molecule has 248 valence electrons. The number of hydrogen-bond donors (Lipinski definition) is 0. The van der Waals surface area contributed by atoms with E-state index in [1.165, 1.54) is 68.2 Å². The topological polar surface area (TPSA) is 17.8 Å². The van der Waals surface area contributed by atoms with Crippen molar-refractivity contribution in [3.63, 3.8) is 0 Å². The molecular weight excluding hydrogens is 681 g/mol. The Balaban J connectivity index is 1.12. The molecule has 0 aliphatic heterocycles. The lowest BCUT2D eigenvalue weighted by Crippen LogP contribution is -1.98. The molecule has 0 fully saturated rings. The van der Waals surface area contributed by atoms with Crippen LogP contribution in [0.25, 0.3) is 102 Å². The Labute approximate surface area is 314 Å². The molecule has 8 aromatic carbocycles. The van der Waals surface area contributed by atoms with Gasteiger partial charge in [0.1, 0.15) is 5.82 Å². The van der Waals surface area contributed by atoms with Crippen molar-refractivity contribution in [2.45, 2.75) is 0 Å². The molecule has 11 aromatic rings. The van der Waals surface area contributed by atoms with Gasteiger partial charge in [0.05, 0.1) is 11.0 Å². The Bertz CT molecular complexity index is 3050. The SMILES string of the molecule is c1ccc(-c2nc3ccccc3n2-c2cccc(-c3cc(-c4ccc5sc6ccccc6c5c4)cc(-c4ccc5sc6ccccc6c5c4)c3)c2)cc1. The highest BCUT2D eigenvalue weighted by atomic mass is 32.1. The third kappa shape index (κ3) is 5.10. The van der Waals surface area contributed by atoms with Crippen LogP contribution in [0.15, 0.2) is 182 Å². The van der Waals surface area contributed by atoms with E-state index in [2.05, 4.69) is 187 Å². The van der Waals surface area contributed by atoms with Crippen LogP contribution in [0.1, 0.15) is 0 Å². The first kappa shape index (κ1) is 30.3. The van der Waals surface area contributed by atoms with E-state index in [9.17, 15) is 0 Å². The number of imidazole rings is 1. The molecule has 0 spiro atoms. The molecule has 0 radical (unpaired) electrons. The molecule has 0 aliphatic rings. The number of para-hydroxylation sites is 2. The maximum absolute atomic E-state index is 5.12. The van der Waals surface area contributed by atoms with Crippen LogP contribution in [0, 0.1) is 0 Å². The predicted octanol–water partition coefficient (Wildman–Crippen LogP) is 14.4. The molecule has 4 heteroatoms. The molecule has 0 aliphatic carbocycles. The third-order valence-corrected chi connectivity index (χ3v) is 12.7. The standard InChI is InChI=1S/C49H30N2S2/c1-2-11-31(12-3-1)49-50-43-17-6-7-18-44(43)51(49)38-14-10-13-32(28-38)35-25-36(33-21-23-47-41(29-33)39-15-4-8-19-45(39)52-47)27-37(26-35)34-22-24-48-42(30-34)40-16-5-9-20-46(40)53-48/h1-30H. The van der Waals surface area contributed by atoms with Gasteiger partial charge < -0.3 is 0 Å². The minimum absolute atomic E-state index is 0.936. The number of aromatic nitrogens is 2. The summed E-state index contributed by atoms with van der Waals surface area (Å²) in [5.41, 5.74) is 11.4. The molecule has 11 rings (SSSR count). The van der Waals surface area contributed by atoms with Gasteiger partial charge in [0, 0.05) is 51.6 Å². The Hall–Kier alpha value is -6.33. The normalized spacial score (nSPS) is 11.8. The van der Waals surface area contributed by atoms with Crippen molar-refractivity contribution in [3.8, 4) is 50.5 Å². The van der Waals surface area contributed by atoms with Gasteiger partial charge in [-0.1, -0.05) is 103 Å². The van der Waals surface area contributed by atoms with E-state index in [4.69, 9.17) is 4.98 Å². The van der Waals surface area contributed by atoms with Gasteiger partial charge in [0.25, 0.3) is 0 Å². The van der Waals surface area contributed by atoms with Gasteiger partial charge in [-0.25, -0.2) is 4.98 Å². The fraction of sp³-hybridized carbons (Fsp3) is 0. The summed E-state index contributed by atoms with van der Waals surface area (Å²) in [5.74, 6) is 0.936. The predicted molar refractivity (Wildman–Crippen MR) is 229 cm³/mol. The van der Waals surface area contributed by atoms with Gasteiger partial charge >= 0.3 is 0 Å². The van der Waals surface area contributed by atoms with Gasteiger partial charge in [-0.15, -0.1) is 22.7 Å². The lowest BCUT2D eigenvalue weighted by Gasteiger charge is -2.14. The Morgan fingerprint density at radius 2 is 0.849 bits per heavy atom. The average Bonchev–Trinajstić information content (AvgIpc) is 3.92. The van der Waals surface area contributed by atoms with Crippen molar-refractivity contribution in [2.75, 3.05) is 0 Å². The molecule has 3 aromatic heterocycles. The third-order valence-electron chi connectivity index (χ3n) is 10.4. The fourth-order valence-electron chi connectivity index (χ4n) is 7.83. The molecule has 0 saturated heterocycles. The lowest BCUT2D eigenvalue weighted by atomic mass is 9.92. The number of thiophene rings is 2. The average molecular weight is 711 g/mol. The van der Waals surface area contributed by atoms with E-state index in [0.717, 1.165) is 33.7 Å². The molecule has 0 N–H and O–H groups in total. The summed E-state index contributed by atoms with van der Waals surface area (Å²) in [5, 5.41) is 5.25. The van der Waals surface area contributed by atoms with E-state index in [-0.39, 0.29) is 0 Å². The lowest BCUT2D eigenvalue weighted by molar-refractivity contribution is 1.10. The Kier molecular flexibility index (Phi) is 6.94. The van der Waals surface area contributed by atoms with Crippen molar-refractivity contribution >= 4 is 74.1 Å². The van der Waals surface area contributed by atoms with Gasteiger partial charge in [-0.2, -0.15) is 0 Å². The van der Waals surface area contributed by atoms with E-state index in [1.807, 2.05) is 22.7 Å². The number of fused-ring (bicyclic) bond motifs is 7. The largest absolute Gasteiger partial charge is 0.292 e. The highest BCUT2D eigenvalue weighted by Crippen LogP contribution is 2.41. The number of hydrogen-bond acceptors (Lipinski definition) is 3. The summed E-state index contributed by atoms with van der Waals surface area (Å²) in [6, 6.07) is 66.3. The van der Waals surface area contributed by atoms with Gasteiger partial charge in [-0.05, 0) is 112 Å².